The molecule has 0 aliphatic carbocycles. The van der Waals surface area contributed by atoms with E-state index in [4.69, 9.17) is 18.9 Å². The summed E-state index contributed by atoms with van der Waals surface area (Å²) in [5, 5.41) is 13.1. The number of amides is 4. The number of piperazine rings is 1. The van der Waals surface area contributed by atoms with E-state index >= 15 is 19.2 Å². The highest BCUT2D eigenvalue weighted by molar-refractivity contribution is 6.24. The van der Waals surface area contributed by atoms with E-state index < -0.39 is 65.4 Å². The average Bonchev–Trinajstić information content (AvgIpc) is 2.50. The van der Waals surface area contributed by atoms with Gasteiger partial charge in [-0.25, -0.2) is 9.69 Å². The van der Waals surface area contributed by atoms with Gasteiger partial charge in [-0.05, 0) is 95.4 Å². The number of urea groups is 1. The van der Waals surface area contributed by atoms with E-state index in [0.717, 1.165) is 22.3 Å². The van der Waals surface area contributed by atoms with Crippen LogP contribution in [0.2, 0.25) is 0 Å². The van der Waals surface area contributed by atoms with Gasteiger partial charge in [0.2, 0.25) is 18.6 Å². The molecule has 3 saturated heterocycles. The molecular formula is C67H64N6O9. The van der Waals surface area contributed by atoms with Crippen molar-refractivity contribution < 1.29 is 43.2 Å². The summed E-state index contributed by atoms with van der Waals surface area (Å²) in [4.78, 5) is 74.6. The Labute approximate surface area is 477 Å². The van der Waals surface area contributed by atoms with Gasteiger partial charge in [0.1, 0.15) is 29.9 Å². The van der Waals surface area contributed by atoms with Crippen LogP contribution in [0.4, 0.5) is 10.5 Å². The second kappa shape index (κ2) is 23.4. The molecule has 5 aliphatic rings. The van der Waals surface area contributed by atoms with Crippen molar-refractivity contribution in [1.82, 2.24) is 24.9 Å². The molecule has 15 nitrogen and oxygen atoms in total. The first-order valence-corrected chi connectivity index (χ1v) is 28.0. The Morgan fingerprint density at radius 2 is 1.43 bits per heavy atom. The highest BCUT2D eigenvalue weighted by Gasteiger charge is 2.76. The van der Waals surface area contributed by atoms with Crippen LogP contribution in [0.25, 0.3) is 0 Å². The molecule has 3 fully saturated rings. The van der Waals surface area contributed by atoms with E-state index in [1.807, 2.05) is 171 Å². The molecule has 416 valence electrons. The molecule has 82 heavy (non-hydrogen) atoms. The largest absolute Gasteiger partial charge is 0.491 e. The average molecular weight is 1100 g/mol. The van der Waals surface area contributed by atoms with Gasteiger partial charge in [0.05, 0.1) is 42.9 Å². The van der Waals surface area contributed by atoms with Crippen molar-refractivity contribution in [3.63, 3.8) is 0 Å². The number of aliphatic hydroxyl groups excluding tert-OH is 1. The smallest absolute Gasteiger partial charge is 0.329 e. The summed E-state index contributed by atoms with van der Waals surface area (Å²) in [6, 6.07) is 53.0. The lowest BCUT2D eigenvalue weighted by molar-refractivity contribution is -0.179. The number of esters is 1. The van der Waals surface area contributed by atoms with Crippen LogP contribution in [-0.2, 0) is 37.6 Å². The van der Waals surface area contributed by atoms with Crippen LogP contribution < -0.4 is 24.4 Å². The van der Waals surface area contributed by atoms with Gasteiger partial charge in [-0.3, -0.25) is 29.1 Å². The Bertz CT molecular complexity index is 3540. The second-order valence-electron chi connectivity index (χ2n) is 21.6. The molecule has 12 rings (SSSR count). The van der Waals surface area contributed by atoms with E-state index in [2.05, 4.69) is 39.1 Å². The summed E-state index contributed by atoms with van der Waals surface area (Å²) in [6.45, 7) is 4.97. The predicted molar refractivity (Wildman–Crippen MR) is 308 cm³/mol. The molecule has 0 radical (unpaired) electrons. The van der Waals surface area contributed by atoms with Crippen molar-refractivity contribution >= 4 is 29.5 Å². The number of nitrogens with one attached hydrogen (secondary N) is 1. The summed E-state index contributed by atoms with van der Waals surface area (Å²) in [5.41, 5.74) is 4.22. The van der Waals surface area contributed by atoms with Gasteiger partial charge >= 0.3 is 12.0 Å². The lowest BCUT2D eigenvalue weighted by Gasteiger charge is -2.46. The molecule has 0 bridgehead atoms. The van der Waals surface area contributed by atoms with Crippen LogP contribution in [0.15, 0.2) is 182 Å². The number of hydrogen-bond acceptors (Lipinski definition) is 12. The fourth-order valence-electron chi connectivity index (χ4n) is 12.8. The molecule has 7 atom stereocenters. The van der Waals surface area contributed by atoms with Gasteiger partial charge in [0.15, 0.2) is 11.5 Å². The Balaban J connectivity index is 1.05. The fourth-order valence-corrected chi connectivity index (χ4v) is 12.8. The highest BCUT2D eigenvalue weighted by atomic mass is 16.7. The maximum absolute atomic E-state index is 17.1. The zero-order valence-corrected chi connectivity index (χ0v) is 45.8. The molecule has 7 aromatic rings. The molecule has 0 saturated carbocycles. The van der Waals surface area contributed by atoms with E-state index in [1.54, 1.807) is 23.1 Å². The van der Waals surface area contributed by atoms with Crippen LogP contribution in [0.1, 0.15) is 75.7 Å². The Hall–Kier alpha value is -8.78. The molecule has 5 aliphatic heterocycles. The van der Waals surface area contributed by atoms with Crippen molar-refractivity contribution in [2.75, 3.05) is 64.7 Å². The summed E-state index contributed by atoms with van der Waals surface area (Å²) in [6.07, 6.45) is -0.915. The normalized spacial score (nSPS) is 22.3. The van der Waals surface area contributed by atoms with Crippen LogP contribution in [0, 0.1) is 17.8 Å². The van der Waals surface area contributed by atoms with Crippen LogP contribution in [0.5, 0.6) is 17.2 Å². The van der Waals surface area contributed by atoms with Gasteiger partial charge in [-0.2, -0.15) is 0 Å². The van der Waals surface area contributed by atoms with Crippen molar-refractivity contribution in [1.29, 1.82) is 0 Å². The summed E-state index contributed by atoms with van der Waals surface area (Å²) in [5.74, 6) is 5.30. The number of rotatable bonds is 14. The van der Waals surface area contributed by atoms with Gasteiger partial charge in [-0.15, -0.1) is 0 Å². The lowest BCUT2D eigenvalue weighted by Crippen LogP contribution is -2.59. The molecule has 4 amide bonds. The van der Waals surface area contributed by atoms with Crippen molar-refractivity contribution in [2.45, 2.75) is 55.7 Å². The van der Waals surface area contributed by atoms with Crippen molar-refractivity contribution in [3.05, 3.63) is 226 Å². The minimum Gasteiger partial charge on any atom is -0.491 e. The van der Waals surface area contributed by atoms with Gasteiger partial charge in [0.25, 0.3) is 0 Å². The number of aliphatic hydroxyl groups is 1. The third-order valence-corrected chi connectivity index (χ3v) is 16.5. The zero-order valence-electron chi connectivity index (χ0n) is 45.8. The number of benzene rings is 7. The minimum absolute atomic E-state index is 0.0136. The number of hydrogen-bond donors (Lipinski definition) is 2. The molecule has 5 heterocycles. The number of imide groups is 1. The quantitative estimate of drug-likeness (QED) is 0.0791. The van der Waals surface area contributed by atoms with Crippen LogP contribution >= 0.6 is 0 Å². The Morgan fingerprint density at radius 3 is 2.16 bits per heavy atom. The number of fused-ring (bicyclic) bond motifs is 4. The minimum atomic E-state index is -2.01. The third-order valence-electron chi connectivity index (χ3n) is 16.5. The van der Waals surface area contributed by atoms with Gasteiger partial charge < -0.3 is 34.3 Å². The second-order valence-corrected chi connectivity index (χ2v) is 21.6. The zero-order chi connectivity index (χ0) is 56.3. The molecular weight excluding hydrogens is 1030 g/mol. The predicted octanol–water partition coefficient (Wildman–Crippen LogP) is 8.75. The number of cyclic esters (lactones) is 1. The molecule has 15 heteroatoms. The Kier molecular flexibility index (Phi) is 15.3. The van der Waals surface area contributed by atoms with E-state index in [-0.39, 0.29) is 38.8 Å². The number of morpholine rings is 1. The summed E-state index contributed by atoms with van der Waals surface area (Å²) in [7, 11) is 2.00. The van der Waals surface area contributed by atoms with Gasteiger partial charge in [-0.1, -0.05) is 151 Å². The number of carbonyl (C=O) groups is 4. The topological polar surface area (TPSA) is 154 Å². The lowest BCUT2D eigenvalue weighted by atomic mass is 9.64. The molecule has 2 N–H and O–H groups in total. The SMILES string of the molecule is C[C@@H](NC(=O)N1C(=O)[C@@]2(c3cc(C#CCN(C)Cc4ccccc4)ccc31)[C@H](C(=O)N1CCN(Cc3ccc4c(c3)OCO4)CC1)[C@H]1C(=O)O[C@H](c3ccccc3)[C@H](c3ccccc3)N1[C@@H]2c1cccc(OCCO)c1)c1ccccc1. The van der Waals surface area contributed by atoms with E-state index in [1.165, 1.54) is 4.90 Å². The maximum atomic E-state index is 17.1. The number of nitrogens with zero attached hydrogens (tertiary/aromatic N) is 5. The molecule has 0 aromatic heterocycles. The van der Waals surface area contributed by atoms with Crippen molar-refractivity contribution in [2.24, 2.45) is 5.92 Å². The summed E-state index contributed by atoms with van der Waals surface area (Å²) >= 11 is 0. The third kappa shape index (κ3) is 10.2. The molecule has 1 spiro atoms. The standard InChI is InChI=1S/C67H64N6O9/c1-45(49-20-9-4-10-21-49)68-66(78)72-55-30-28-46(19-16-32-69(2)42-47-17-7-3-8-18-47)39-54(55)67(65(72)77)58(63(75)71-35-33-70(34-36-71)43-48-29-31-56-57(40-48)81-44-80-56)60-64(76)82-61(51-24-13-6-14-25-51)59(50-22-11-5-12-23-50)73(60)62(67)52-26-15-27-53(41-52)79-38-37-74/h3-15,17-18,20-31,39-41,45,58-62,74H,32-38,42-44H2,1-2H3,(H,68,78)/t45-,58+,59+,60+,61-,62-,67+/m1/s1. The maximum Gasteiger partial charge on any atom is 0.329 e. The first-order chi connectivity index (χ1) is 40.1. The van der Waals surface area contributed by atoms with E-state index in [9.17, 15) is 5.11 Å². The van der Waals surface area contributed by atoms with Crippen LogP contribution in [0.3, 0.4) is 0 Å². The van der Waals surface area contributed by atoms with Crippen molar-refractivity contribution in [3.8, 4) is 29.1 Å². The number of ether oxygens (including phenoxy) is 4. The first-order valence-electron chi connectivity index (χ1n) is 28.0. The van der Waals surface area contributed by atoms with E-state index in [0.29, 0.717) is 72.2 Å². The fraction of sp³-hybridized carbons (Fsp3) is 0.284. The monoisotopic (exact) mass is 1100 g/mol. The first kappa shape index (κ1) is 53.8. The van der Waals surface area contributed by atoms with Crippen LogP contribution in [-0.4, -0.2) is 114 Å². The Morgan fingerprint density at radius 1 is 0.744 bits per heavy atom. The van der Waals surface area contributed by atoms with Gasteiger partial charge in [0, 0.05) is 44.8 Å². The number of anilines is 1. The summed E-state index contributed by atoms with van der Waals surface area (Å²) < 4.78 is 24.2. The molecule has 0 unspecified atom stereocenters. The molecule has 7 aromatic carbocycles. The number of carbonyl (C=O) groups excluding carboxylic acids is 4. The highest BCUT2D eigenvalue weighted by Crippen LogP contribution is 2.66.